The number of nitro benzene ring substituents is 1. The first-order valence-electron chi connectivity index (χ1n) is 4.99. The van der Waals surface area contributed by atoms with E-state index < -0.39 is 4.92 Å². The Hall–Kier alpha value is -1.30. The summed E-state index contributed by atoms with van der Waals surface area (Å²) >= 11 is 13.0. The number of benzene rings is 1. The Bertz CT molecular complexity index is 586. The first-order valence-corrected chi connectivity index (χ1v) is 6.56. The summed E-state index contributed by atoms with van der Waals surface area (Å²) in [6.45, 7) is 0.471. The fourth-order valence-corrected chi connectivity index (χ4v) is 2.74. The van der Waals surface area contributed by atoms with Gasteiger partial charge in [-0.1, -0.05) is 29.3 Å². The van der Waals surface area contributed by atoms with Gasteiger partial charge in [0.15, 0.2) is 0 Å². The monoisotopic (exact) mass is 302 g/mol. The summed E-state index contributed by atoms with van der Waals surface area (Å²) in [5, 5.41) is 14.0. The fraction of sp³-hybridized carbons (Fsp3) is 0.0909. The van der Waals surface area contributed by atoms with E-state index in [4.69, 9.17) is 23.2 Å². The Morgan fingerprint density at radius 3 is 2.67 bits per heavy atom. The predicted molar refractivity (Wildman–Crippen MR) is 74.8 cm³/mol. The zero-order valence-electron chi connectivity index (χ0n) is 9.02. The first kappa shape index (κ1) is 13.1. The van der Waals surface area contributed by atoms with Crippen LogP contribution in [0.15, 0.2) is 30.3 Å². The highest BCUT2D eigenvalue weighted by Crippen LogP contribution is 2.33. The molecule has 1 N–H and O–H groups in total. The van der Waals surface area contributed by atoms with E-state index >= 15 is 0 Å². The average Bonchev–Trinajstić information content (AvgIpc) is 2.72. The Balaban J connectivity index is 2.19. The molecule has 0 amide bonds. The number of nitrogens with one attached hydrogen (secondary N) is 1. The van der Waals surface area contributed by atoms with Crippen LogP contribution in [0, 0.1) is 10.1 Å². The van der Waals surface area contributed by atoms with Crippen molar-refractivity contribution in [3.63, 3.8) is 0 Å². The lowest BCUT2D eigenvalue weighted by atomic mass is 10.2. The minimum absolute atomic E-state index is 0.109. The molecule has 0 unspecified atom stereocenters. The van der Waals surface area contributed by atoms with Gasteiger partial charge in [0.25, 0.3) is 0 Å². The van der Waals surface area contributed by atoms with E-state index in [1.54, 1.807) is 18.2 Å². The summed E-state index contributed by atoms with van der Waals surface area (Å²) in [5.41, 5.74) is 0.291. The molecule has 0 atom stereocenters. The summed E-state index contributed by atoms with van der Waals surface area (Å²) in [5.74, 6) is 0. The zero-order valence-corrected chi connectivity index (χ0v) is 11.4. The maximum absolute atomic E-state index is 10.9. The summed E-state index contributed by atoms with van der Waals surface area (Å²) in [6, 6.07) is 8.44. The minimum atomic E-state index is -0.494. The molecule has 0 fully saturated rings. The van der Waals surface area contributed by atoms with Crippen molar-refractivity contribution in [1.29, 1.82) is 0 Å². The van der Waals surface area contributed by atoms with Crippen LogP contribution in [-0.4, -0.2) is 4.92 Å². The van der Waals surface area contributed by atoms with Gasteiger partial charge in [-0.25, -0.2) is 0 Å². The maximum atomic E-state index is 10.9. The zero-order chi connectivity index (χ0) is 13.1. The number of halogens is 2. The number of nitrogens with zero attached hydrogens (tertiary/aromatic N) is 1. The SMILES string of the molecule is O=[N+]([O-])c1c(Cl)cccc1NCc1ccc(Cl)s1. The highest BCUT2D eigenvalue weighted by atomic mass is 35.5. The summed E-state index contributed by atoms with van der Waals surface area (Å²) in [4.78, 5) is 11.4. The molecule has 1 heterocycles. The van der Waals surface area contributed by atoms with Crippen molar-refractivity contribution >= 4 is 45.9 Å². The lowest BCUT2D eigenvalue weighted by Crippen LogP contribution is -2.01. The quantitative estimate of drug-likeness (QED) is 0.664. The van der Waals surface area contributed by atoms with Crippen LogP contribution in [0.5, 0.6) is 0 Å². The van der Waals surface area contributed by atoms with Crippen molar-refractivity contribution in [2.45, 2.75) is 6.54 Å². The molecular weight excluding hydrogens is 295 g/mol. The van der Waals surface area contributed by atoms with Gasteiger partial charge in [-0.2, -0.15) is 0 Å². The number of hydrogen-bond acceptors (Lipinski definition) is 4. The van der Waals surface area contributed by atoms with Crippen LogP contribution in [-0.2, 0) is 6.54 Å². The van der Waals surface area contributed by atoms with Gasteiger partial charge in [0, 0.05) is 11.4 Å². The van der Waals surface area contributed by atoms with Crippen molar-refractivity contribution in [2.24, 2.45) is 0 Å². The molecule has 4 nitrogen and oxygen atoms in total. The smallest absolute Gasteiger partial charge is 0.310 e. The number of anilines is 1. The molecule has 1 aromatic heterocycles. The van der Waals surface area contributed by atoms with Crippen molar-refractivity contribution < 1.29 is 4.92 Å². The van der Waals surface area contributed by atoms with Crippen LogP contribution >= 0.6 is 34.5 Å². The molecule has 2 aromatic rings. The van der Waals surface area contributed by atoms with E-state index in [2.05, 4.69) is 5.32 Å². The largest absolute Gasteiger partial charge is 0.375 e. The van der Waals surface area contributed by atoms with Crippen molar-refractivity contribution in [3.8, 4) is 0 Å². The van der Waals surface area contributed by atoms with E-state index in [1.165, 1.54) is 17.4 Å². The molecule has 1 aromatic carbocycles. The predicted octanol–water partition coefficient (Wildman–Crippen LogP) is 4.58. The van der Waals surface area contributed by atoms with Crippen molar-refractivity contribution in [1.82, 2.24) is 0 Å². The number of rotatable bonds is 4. The summed E-state index contributed by atoms with van der Waals surface area (Å²) in [7, 11) is 0. The average molecular weight is 303 g/mol. The lowest BCUT2D eigenvalue weighted by Gasteiger charge is -2.06. The Kier molecular flexibility index (Phi) is 4.06. The second kappa shape index (κ2) is 5.56. The third kappa shape index (κ3) is 2.93. The molecule has 7 heteroatoms. The molecule has 0 aliphatic carbocycles. The second-order valence-electron chi connectivity index (χ2n) is 3.45. The van der Waals surface area contributed by atoms with E-state index in [0.717, 1.165) is 4.88 Å². The van der Waals surface area contributed by atoms with Gasteiger partial charge in [-0.05, 0) is 24.3 Å². The number of thiophene rings is 1. The molecule has 18 heavy (non-hydrogen) atoms. The number of hydrogen-bond donors (Lipinski definition) is 1. The highest BCUT2D eigenvalue weighted by Gasteiger charge is 2.17. The van der Waals surface area contributed by atoms with Crippen LogP contribution in [0.4, 0.5) is 11.4 Å². The Morgan fingerprint density at radius 2 is 2.06 bits per heavy atom. The molecule has 0 bridgehead atoms. The molecular formula is C11H8Cl2N2O2S. The van der Waals surface area contributed by atoms with E-state index in [1.807, 2.05) is 6.07 Å². The topological polar surface area (TPSA) is 55.2 Å². The van der Waals surface area contributed by atoms with Gasteiger partial charge in [0.1, 0.15) is 10.7 Å². The fourth-order valence-electron chi connectivity index (χ4n) is 1.47. The Labute approximate surface area is 117 Å². The summed E-state index contributed by atoms with van der Waals surface area (Å²) in [6.07, 6.45) is 0. The molecule has 0 radical (unpaired) electrons. The van der Waals surface area contributed by atoms with Crippen molar-refractivity contribution in [3.05, 3.63) is 54.7 Å². The Morgan fingerprint density at radius 1 is 1.28 bits per heavy atom. The molecule has 0 saturated carbocycles. The van der Waals surface area contributed by atoms with E-state index in [9.17, 15) is 10.1 Å². The second-order valence-corrected chi connectivity index (χ2v) is 5.66. The minimum Gasteiger partial charge on any atom is -0.375 e. The van der Waals surface area contributed by atoms with E-state index in [-0.39, 0.29) is 10.7 Å². The third-order valence-electron chi connectivity index (χ3n) is 2.25. The molecule has 94 valence electrons. The van der Waals surface area contributed by atoms with E-state index in [0.29, 0.717) is 16.6 Å². The van der Waals surface area contributed by atoms with Gasteiger partial charge in [-0.15, -0.1) is 11.3 Å². The molecule has 0 aliphatic rings. The summed E-state index contributed by atoms with van der Waals surface area (Å²) < 4.78 is 0.687. The molecule has 0 saturated heterocycles. The third-order valence-corrected chi connectivity index (χ3v) is 3.79. The van der Waals surface area contributed by atoms with Gasteiger partial charge in [0.2, 0.25) is 0 Å². The van der Waals surface area contributed by atoms with Gasteiger partial charge in [0.05, 0.1) is 9.26 Å². The standard InChI is InChI=1S/C11H8Cl2N2O2S/c12-8-2-1-3-9(11(8)15(16)17)14-6-7-4-5-10(13)18-7/h1-5,14H,6H2. The van der Waals surface area contributed by atoms with Crippen LogP contribution in [0.1, 0.15) is 4.88 Å². The molecule has 2 rings (SSSR count). The van der Waals surface area contributed by atoms with Crippen LogP contribution in [0.25, 0.3) is 0 Å². The molecule has 0 aliphatic heterocycles. The van der Waals surface area contributed by atoms with Crippen LogP contribution in [0.3, 0.4) is 0 Å². The van der Waals surface area contributed by atoms with Gasteiger partial charge >= 0.3 is 5.69 Å². The van der Waals surface area contributed by atoms with Crippen LogP contribution in [0.2, 0.25) is 9.36 Å². The van der Waals surface area contributed by atoms with Gasteiger partial charge in [-0.3, -0.25) is 10.1 Å². The lowest BCUT2D eigenvalue weighted by molar-refractivity contribution is -0.383. The highest BCUT2D eigenvalue weighted by molar-refractivity contribution is 7.16. The van der Waals surface area contributed by atoms with Crippen LogP contribution < -0.4 is 5.32 Å². The van der Waals surface area contributed by atoms with Crippen molar-refractivity contribution in [2.75, 3.05) is 5.32 Å². The van der Waals surface area contributed by atoms with Gasteiger partial charge < -0.3 is 5.32 Å². The number of para-hydroxylation sites is 1. The number of nitro groups is 1. The maximum Gasteiger partial charge on any atom is 0.310 e. The first-order chi connectivity index (χ1) is 8.58. The normalized spacial score (nSPS) is 10.3. The molecule has 0 spiro atoms.